The number of hydrogen-bond donors (Lipinski definition) is 1. The highest BCUT2D eigenvalue weighted by molar-refractivity contribution is 5.97. The van der Waals surface area contributed by atoms with Gasteiger partial charge in [-0.1, -0.05) is 0 Å². The first-order valence-corrected chi connectivity index (χ1v) is 7.81. The first kappa shape index (κ1) is 13.8. The summed E-state index contributed by atoms with van der Waals surface area (Å²) in [6, 6.07) is 3.84. The van der Waals surface area contributed by atoms with Gasteiger partial charge in [0.2, 0.25) is 5.88 Å². The fraction of sp³-hybridized carbons (Fsp3) is 0.600. The first-order valence-electron chi connectivity index (χ1n) is 7.81. The average Bonchev–Trinajstić information content (AvgIpc) is 2.73. The van der Waals surface area contributed by atoms with Crippen LogP contribution >= 0.6 is 0 Å². The number of carbonyl (C=O) groups excluding carboxylic acids is 1. The van der Waals surface area contributed by atoms with Crippen molar-refractivity contribution in [3.8, 4) is 5.88 Å². The molecule has 118 valence electrons. The molecule has 1 aromatic heterocycles. The molecule has 4 rings (SSSR count). The number of aromatic nitrogens is 1. The van der Waals surface area contributed by atoms with Gasteiger partial charge in [-0.25, -0.2) is 0 Å². The summed E-state index contributed by atoms with van der Waals surface area (Å²) >= 11 is 0. The number of piperazine rings is 1. The predicted molar refractivity (Wildman–Crippen MR) is 80.5 cm³/mol. The van der Waals surface area contributed by atoms with Crippen molar-refractivity contribution in [1.29, 1.82) is 0 Å². The van der Waals surface area contributed by atoms with Gasteiger partial charge in [0.05, 0.1) is 19.3 Å². The molecule has 1 N–H and O–H groups in total. The molecule has 1 amide bonds. The van der Waals surface area contributed by atoms with Crippen LogP contribution in [0.4, 0.5) is 5.82 Å². The van der Waals surface area contributed by atoms with Crippen LogP contribution in [0.3, 0.4) is 0 Å². The molecule has 4 heterocycles. The van der Waals surface area contributed by atoms with Gasteiger partial charge < -0.3 is 24.6 Å². The molecule has 7 nitrogen and oxygen atoms in total. The zero-order valence-electron chi connectivity index (χ0n) is 12.5. The molecule has 0 bridgehead atoms. The van der Waals surface area contributed by atoms with Gasteiger partial charge in [0.25, 0.3) is 5.91 Å². The Morgan fingerprint density at radius 1 is 1.23 bits per heavy atom. The number of fused-ring (bicyclic) bond motifs is 2. The largest absolute Gasteiger partial charge is 0.475 e. The molecule has 0 spiro atoms. The monoisotopic (exact) mass is 304 g/mol. The molecule has 0 radical (unpaired) electrons. The number of morpholine rings is 1. The van der Waals surface area contributed by atoms with Crippen LogP contribution in [0.5, 0.6) is 5.88 Å². The van der Waals surface area contributed by atoms with Gasteiger partial charge in [0.15, 0.2) is 0 Å². The maximum atomic E-state index is 12.7. The number of pyridine rings is 1. The minimum atomic E-state index is 0.0278. The molecule has 22 heavy (non-hydrogen) atoms. The molecular weight excluding hydrogens is 284 g/mol. The van der Waals surface area contributed by atoms with E-state index in [-0.39, 0.29) is 11.9 Å². The lowest BCUT2D eigenvalue weighted by molar-refractivity contribution is 0.0605. The van der Waals surface area contributed by atoms with E-state index in [2.05, 4.69) is 15.2 Å². The van der Waals surface area contributed by atoms with Gasteiger partial charge in [-0.05, 0) is 12.1 Å². The number of rotatable bonds is 1. The SMILES string of the molecule is O=C1c2ccc(N3CCOCC3)nc2OCC2CNCCN12. The molecule has 2 saturated heterocycles. The molecule has 1 aromatic rings. The third-order valence-corrected chi connectivity index (χ3v) is 4.43. The van der Waals surface area contributed by atoms with Crippen LogP contribution in [0.1, 0.15) is 10.4 Å². The Labute approximate surface area is 129 Å². The Morgan fingerprint density at radius 2 is 2.09 bits per heavy atom. The summed E-state index contributed by atoms with van der Waals surface area (Å²) in [5, 5.41) is 3.31. The zero-order chi connectivity index (χ0) is 14.9. The third kappa shape index (κ3) is 2.40. The van der Waals surface area contributed by atoms with Crippen LogP contribution in [-0.4, -0.2) is 74.4 Å². The second-order valence-corrected chi connectivity index (χ2v) is 5.79. The van der Waals surface area contributed by atoms with Crippen molar-refractivity contribution in [3.05, 3.63) is 17.7 Å². The van der Waals surface area contributed by atoms with Crippen molar-refractivity contribution in [1.82, 2.24) is 15.2 Å². The van der Waals surface area contributed by atoms with Crippen LogP contribution < -0.4 is 15.0 Å². The lowest BCUT2D eigenvalue weighted by Crippen LogP contribution is -2.54. The summed E-state index contributed by atoms with van der Waals surface area (Å²) < 4.78 is 11.2. The molecule has 0 saturated carbocycles. The van der Waals surface area contributed by atoms with Gasteiger partial charge in [-0.2, -0.15) is 4.98 Å². The standard InChI is InChI=1S/C15H20N4O3/c20-15-12-1-2-13(18-5-7-21-8-6-18)17-14(12)22-10-11-9-16-3-4-19(11)15/h1-2,11,16H,3-10H2. The Kier molecular flexibility index (Phi) is 3.59. The molecule has 0 aromatic carbocycles. The van der Waals surface area contributed by atoms with E-state index in [1.807, 2.05) is 17.0 Å². The summed E-state index contributed by atoms with van der Waals surface area (Å²) in [6.45, 7) is 5.87. The summed E-state index contributed by atoms with van der Waals surface area (Å²) in [7, 11) is 0. The lowest BCUT2D eigenvalue weighted by atomic mass is 10.1. The van der Waals surface area contributed by atoms with Gasteiger partial charge in [0.1, 0.15) is 18.0 Å². The summed E-state index contributed by atoms with van der Waals surface area (Å²) in [5.41, 5.74) is 0.571. The third-order valence-electron chi connectivity index (χ3n) is 4.43. The van der Waals surface area contributed by atoms with Gasteiger partial charge in [-0.3, -0.25) is 4.79 Å². The topological polar surface area (TPSA) is 66.9 Å². The Bertz CT molecular complexity index is 574. The van der Waals surface area contributed by atoms with Crippen molar-refractivity contribution in [2.24, 2.45) is 0 Å². The summed E-state index contributed by atoms with van der Waals surface area (Å²) in [6.07, 6.45) is 0. The van der Waals surface area contributed by atoms with E-state index < -0.39 is 0 Å². The van der Waals surface area contributed by atoms with Gasteiger partial charge >= 0.3 is 0 Å². The van der Waals surface area contributed by atoms with Crippen molar-refractivity contribution in [2.75, 3.05) is 57.4 Å². The predicted octanol–water partition coefficient (Wildman–Crippen LogP) is -0.275. The molecule has 0 aliphatic carbocycles. The van der Waals surface area contributed by atoms with Gasteiger partial charge in [-0.15, -0.1) is 0 Å². The van der Waals surface area contributed by atoms with Crippen LogP contribution in [0.15, 0.2) is 12.1 Å². The van der Waals surface area contributed by atoms with Crippen molar-refractivity contribution >= 4 is 11.7 Å². The number of nitrogens with one attached hydrogen (secondary N) is 1. The second-order valence-electron chi connectivity index (χ2n) is 5.79. The van der Waals surface area contributed by atoms with E-state index in [1.54, 1.807) is 0 Å². The Balaban J connectivity index is 1.63. The highest BCUT2D eigenvalue weighted by Gasteiger charge is 2.33. The van der Waals surface area contributed by atoms with E-state index >= 15 is 0 Å². The Hall–Kier alpha value is -1.86. The molecule has 3 aliphatic heterocycles. The Morgan fingerprint density at radius 3 is 2.95 bits per heavy atom. The number of ether oxygens (including phenoxy) is 2. The molecule has 2 fully saturated rings. The van der Waals surface area contributed by atoms with E-state index in [4.69, 9.17) is 9.47 Å². The number of carbonyl (C=O) groups is 1. The molecule has 7 heteroatoms. The zero-order valence-corrected chi connectivity index (χ0v) is 12.5. The minimum Gasteiger partial charge on any atom is -0.475 e. The molecule has 3 aliphatic rings. The van der Waals surface area contributed by atoms with E-state index in [1.165, 1.54) is 0 Å². The highest BCUT2D eigenvalue weighted by atomic mass is 16.5. The number of anilines is 1. The van der Waals surface area contributed by atoms with Crippen LogP contribution in [0.25, 0.3) is 0 Å². The van der Waals surface area contributed by atoms with Gasteiger partial charge in [0, 0.05) is 32.7 Å². The molecule has 1 unspecified atom stereocenters. The van der Waals surface area contributed by atoms with E-state index in [0.717, 1.165) is 38.5 Å². The molecule has 1 atom stereocenters. The quantitative estimate of drug-likeness (QED) is 0.770. The minimum absolute atomic E-state index is 0.0278. The number of nitrogens with zero attached hydrogens (tertiary/aromatic N) is 3. The normalized spacial score (nSPS) is 25.1. The summed E-state index contributed by atoms with van der Waals surface area (Å²) in [4.78, 5) is 21.4. The summed E-state index contributed by atoms with van der Waals surface area (Å²) in [5.74, 6) is 1.34. The van der Waals surface area contributed by atoms with Crippen molar-refractivity contribution in [2.45, 2.75) is 6.04 Å². The second kappa shape index (κ2) is 5.73. The molecular formula is C15H20N4O3. The average molecular weight is 304 g/mol. The van der Waals surface area contributed by atoms with Crippen molar-refractivity contribution in [3.63, 3.8) is 0 Å². The van der Waals surface area contributed by atoms with E-state index in [0.29, 0.717) is 31.3 Å². The fourth-order valence-corrected chi connectivity index (χ4v) is 3.18. The maximum Gasteiger partial charge on any atom is 0.259 e. The van der Waals surface area contributed by atoms with Crippen LogP contribution in [0, 0.1) is 0 Å². The van der Waals surface area contributed by atoms with Crippen LogP contribution in [-0.2, 0) is 4.74 Å². The van der Waals surface area contributed by atoms with Crippen LogP contribution in [0.2, 0.25) is 0 Å². The van der Waals surface area contributed by atoms with E-state index in [9.17, 15) is 4.79 Å². The smallest absolute Gasteiger partial charge is 0.259 e. The fourth-order valence-electron chi connectivity index (χ4n) is 3.18. The first-order chi connectivity index (χ1) is 10.8. The highest BCUT2D eigenvalue weighted by Crippen LogP contribution is 2.27. The van der Waals surface area contributed by atoms with Crippen molar-refractivity contribution < 1.29 is 14.3 Å². The number of amides is 1. The number of hydrogen-bond acceptors (Lipinski definition) is 6. The maximum absolute atomic E-state index is 12.7. The lowest BCUT2D eigenvalue weighted by Gasteiger charge is -2.33.